The third-order valence-electron chi connectivity index (χ3n) is 5.14. The zero-order chi connectivity index (χ0) is 25.7. The summed E-state index contributed by atoms with van der Waals surface area (Å²) in [6.07, 6.45) is -1.82. The number of nitro groups is 1. The lowest BCUT2D eigenvalue weighted by molar-refractivity contribution is -0.387. The number of hydrogen-bond donors (Lipinski definition) is 1. The number of nitrogens with one attached hydrogen (secondary N) is 1. The van der Waals surface area contributed by atoms with Crippen molar-refractivity contribution >= 4 is 33.6 Å². The molecule has 0 saturated carbocycles. The normalized spacial score (nSPS) is 16.4. The Bertz CT molecular complexity index is 1060. The molecule has 2 rings (SSSR count). The molecule has 0 atom stereocenters. The van der Waals surface area contributed by atoms with Gasteiger partial charge in [-0.25, -0.2) is 13.2 Å². The van der Waals surface area contributed by atoms with Crippen LogP contribution in [0.4, 0.5) is 10.5 Å². The van der Waals surface area contributed by atoms with Crippen LogP contribution in [-0.2, 0) is 29.1 Å². The van der Waals surface area contributed by atoms with E-state index in [0.717, 1.165) is 16.4 Å². The zero-order valence-corrected chi connectivity index (χ0v) is 20.3. The lowest BCUT2D eigenvalue weighted by Crippen LogP contribution is -2.61. The molecule has 1 saturated heterocycles. The topological polar surface area (TPSA) is 162 Å². The van der Waals surface area contributed by atoms with Gasteiger partial charge >= 0.3 is 12.1 Å². The van der Waals surface area contributed by atoms with Crippen molar-refractivity contribution in [2.75, 3.05) is 19.7 Å². The summed E-state index contributed by atoms with van der Waals surface area (Å²) in [5.74, 6) is -1.41. The summed E-state index contributed by atoms with van der Waals surface area (Å²) < 4.78 is 37.3. The van der Waals surface area contributed by atoms with Gasteiger partial charge < -0.3 is 14.8 Å². The van der Waals surface area contributed by atoms with Crippen LogP contribution in [0.2, 0.25) is 0 Å². The lowest BCUT2D eigenvalue weighted by Gasteiger charge is -2.40. The van der Waals surface area contributed by atoms with Crippen molar-refractivity contribution in [1.29, 1.82) is 0 Å². The number of Topliss-reactive ketones (excluding diaryl/α,β-unsaturated/α-hetero) is 1. The number of amides is 1. The fraction of sp³-hybridized carbons (Fsp3) is 0.571. The maximum atomic E-state index is 13.1. The first kappa shape index (κ1) is 27.2. The molecule has 1 fully saturated rings. The van der Waals surface area contributed by atoms with E-state index in [1.165, 1.54) is 12.1 Å². The Balaban J connectivity index is 2.30. The minimum atomic E-state index is -4.26. The lowest BCUT2D eigenvalue weighted by atomic mass is 9.83. The van der Waals surface area contributed by atoms with Crippen LogP contribution in [0.25, 0.3) is 0 Å². The highest BCUT2D eigenvalue weighted by molar-refractivity contribution is 7.89. The monoisotopic (exact) mass is 499 g/mol. The standard InChI is InChI=1S/C21H29N3O9S/c1-5-32-18(26)14-17(25)21(22-19(27)33-20(2,3)4)10-12-23(13-11-21)34(30,31)16-9-7-6-8-15(16)24(28)29/h6-9H,5,10-14H2,1-4H3,(H,22,27). The van der Waals surface area contributed by atoms with Crippen LogP contribution in [0.5, 0.6) is 0 Å². The Morgan fingerprint density at radius 1 is 1.18 bits per heavy atom. The molecule has 1 aromatic rings. The number of ether oxygens (including phenoxy) is 2. The largest absolute Gasteiger partial charge is 0.466 e. The molecule has 1 aliphatic rings. The second kappa shape index (κ2) is 10.5. The Labute approximate surface area is 197 Å². The zero-order valence-electron chi connectivity index (χ0n) is 19.5. The summed E-state index contributed by atoms with van der Waals surface area (Å²) >= 11 is 0. The third kappa shape index (κ3) is 6.50. The van der Waals surface area contributed by atoms with Gasteiger partial charge in [-0.3, -0.25) is 19.7 Å². The highest BCUT2D eigenvalue weighted by Crippen LogP contribution is 2.32. The molecule has 1 N–H and O–H groups in total. The number of nitrogens with zero attached hydrogens (tertiary/aromatic N) is 2. The predicted octanol–water partition coefficient (Wildman–Crippen LogP) is 2.17. The van der Waals surface area contributed by atoms with E-state index in [2.05, 4.69) is 5.32 Å². The molecule has 1 heterocycles. The summed E-state index contributed by atoms with van der Waals surface area (Å²) in [5.41, 5.74) is -2.99. The number of sulfonamides is 1. The Kier molecular flexibility index (Phi) is 8.37. The van der Waals surface area contributed by atoms with Crippen molar-refractivity contribution in [3.05, 3.63) is 34.4 Å². The SMILES string of the molecule is CCOC(=O)CC(=O)C1(NC(=O)OC(C)(C)C)CCN(S(=O)(=O)c2ccccc2[N+](=O)[O-])CC1. The number of alkyl carbamates (subject to hydrolysis) is 1. The molecule has 13 heteroatoms. The molecule has 1 amide bonds. The van der Waals surface area contributed by atoms with E-state index in [-0.39, 0.29) is 32.5 Å². The van der Waals surface area contributed by atoms with Crippen LogP contribution in [0.3, 0.4) is 0 Å². The van der Waals surface area contributed by atoms with Crippen molar-refractivity contribution in [3.63, 3.8) is 0 Å². The minimum Gasteiger partial charge on any atom is -0.466 e. The summed E-state index contributed by atoms with van der Waals surface area (Å²) in [7, 11) is -4.26. The van der Waals surface area contributed by atoms with E-state index in [1.54, 1.807) is 27.7 Å². The first-order chi connectivity index (χ1) is 15.7. The molecule has 0 radical (unpaired) electrons. The molecule has 34 heavy (non-hydrogen) atoms. The summed E-state index contributed by atoms with van der Waals surface area (Å²) in [4.78, 5) is 47.5. The van der Waals surface area contributed by atoms with Gasteiger partial charge in [0.05, 0.1) is 11.5 Å². The molecule has 188 valence electrons. The fourth-order valence-electron chi connectivity index (χ4n) is 3.56. The van der Waals surface area contributed by atoms with Gasteiger partial charge in [0.1, 0.15) is 17.6 Å². The maximum absolute atomic E-state index is 13.1. The number of ketones is 1. The number of carbonyl (C=O) groups excluding carboxylic acids is 3. The number of benzene rings is 1. The summed E-state index contributed by atoms with van der Waals surface area (Å²) in [5, 5.41) is 13.8. The average Bonchev–Trinajstić information content (AvgIpc) is 2.72. The van der Waals surface area contributed by atoms with Crippen LogP contribution < -0.4 is 5.32 Å². The smallest absolute Gasteiger partial charge is 0.408 e. The molecule has 0 aromatic heterocycles. The number of esters is 1. The van der Waals surface area contributed by atoms with E-state index in [1.807, 2.05) is 0 Å². The van der Waals surface area contributed by atoms with Gasteiger partial charge in [0.2, 0.25) is 10.0 Å². The van der Waals surface area contributed by atoms with Crippen LogP contribution >= 0.6 is 0 Å². The van der Waals surface area contributed by atoms with Gasteiger partial charge in [0.15, 0.2) is 10.7 Å². The van der Waals surface area contributed by atoms with Gasteiger partial charge in [-0.1, -0.05) is 12.1 Å². The molecule has 12 nitrogen and oxygen atoms in total. The second-order valence-corrected chi connectivity index (χ2v) is 10.6. The van der Waals surface area contributed by atoms with E-state index in [9.17, 15) is 32.9 Å². The highest BCUT2D eigenvalue weighted by atomic mass is 32.2. The van der Waals surface area contributed by atoms with Crippen LogP contribution in [-0.4, -0.2) is 66.3 Å². The first-order valence-electron chi connectivity index (χ1n) is 10.7. The van der Waals surface area contributed by atoms with Gasteiger partial charge in [-0.15, -0.1) is 0 Å². The molecule has 1 aliphatic heterocycles. The van der Waals surface area contributed by atoms with Crippen LogP contribution in [0.15, 0.2) is 29.2 Å². The quantitative estimate of drug-likeness (QED) is 0.244. The van der Waals surface area contributed by atoms with Gasteiger partial charge in [0.25, 0.3) is 5.69 Å². The number of rotatable bonds is 8. The van der Waals surface area contributed by atoms with E-state index >= 15 is 0 Å². The molecular formula is C21H29N3O9S. The second-order valence-electron chi connectivity index (χ2n) is 8.74. The molecule has 0 unspecified atom stereocenters. The van der Waals surface area contributed by atoms with Crippen molar-refractivity contribution < 1.29 is 37.2 Å². The number of hydrogen-bond acceptors (Lipinski definition) is 9. The van der Waals surface area contributed by atoms with Crippen molar-refractivity contribution in [3.8, 4) is 0 Å². The maximum Gasteiger partial charge on any atom is 0.408 e. The Hall–Kier alpha value is -3.06. The van der Waals surface area contributed by atoms with E-state index in [4.69, 9.17) is 9.47 Å². The molecule has 0 spiro atoms. The number of nitro benzene ring substituents is 1. The molecular weight excluding hydrogens is 470 g/mol. The molecule has 0 aliphatic carbocycles. The number of piperidine rings is 1. The summed E-state index contributed by atoms with van der Waals surface area (Å²) in [6, 6.07) is 4.96. The average molecular weight is 500 g/mol. The Morgan fingerprint density at radius 2 is 1.76 bits per heavy atom. The minimum absolute atomic E-state index is 0.0699. The van der Waals surface area contributed by atoms with E-state index in [0.29, 0.717) is 0 Å². The van der Waals surface area contributed by atoms with Gasteiger partial charge in [0, 0.05) is 19.2 Å². The van der Waals surface area contributed by atoms with Gasteiger partial charge in [-0.2, -0.15) is 4.31 Å². The van der Waals surface area contributed by atoms with Crippen molar-refractivity contribution in [2.45, 2.75) is 63.0 Å². The predicted molar refractivity (Wildman–Crippen MR) is 119 cm³/mol. The summed E-state index contributed by atoms with van der Waals surface area (Å²) in [6.45, 7) is 6.13. The highest BCUT2D eigenvalue weighted by Gasteiger charge is 2.46. The fourth-order valence-corrected chi connectivity index (χ4v) is 5.16. The van der Waals surface area contributed by atoms with Crippen molar-refractivity contribution in [1.82, 2.24) is 9.62 Å². The molecule has 0 bridgehead atoms. The Morgan fingerprint density at radius 3 is 2.29 bits per heavy atom. The van der Waals surface area contributed by atoms with Gasteiger partial charge in [-0.05, 0) is 46.6 Å². The van der Waals surface area contributed by atoms with Crippen LogP contribution in [0, 0.1) is 10.1 Å². The molecule has 1 aromatic carbocycles. The first-order valence-corrected chi connectivity index (χ1v) is 12.1. The van der Waals surface area contributed by atoms with Crippen LogP contribution in [0.1, 0.15) is 47.0 Å². The van der Waals surface area contributed by atoms with E-state index < -0.39 is 60.9 Å². The van der Waals surface area contributed by atoms with Crippen molar-refractivity contribution in [2.24, 2.45) is 0 Å². The number of para-hydroxylation sites is 1. The third-order valence-corrected chi connectivity index (χ3v) is 7.09. The number of carbonyl (C=O) groups is 3.